The van der Waals surface area contributed by atoms with Gasteiger partial charge in [0.05, 0.1) is 6.26 Å². The highest BCUT2D eigenvalue weighted by atomic mass is 35.5. The molecule has 0 aliphatic carbocycles. The molecule has 3 nitrogen and oxygen atoms in total. The average molecular weight is 250 g/mol. The minimum Gasteiger partial charge on any atom is -0.469 e. The molecule has 1 amide bonds. The largest absolute Gasteiger partial charge is 0.469 e. The summed E-state index contributed by atoms with van der Waals surface area (Å²) in [5.74, 6) is 0.732. The molecule has 0 bridgehead atoms. The Balaban J connectivity index is 1.85. The van der Waals surface area contributed by atoms with Gasteiger partial charge in [-0.25, -0.2) is 0 Å². The molecular weight excluding hydrogens is 238 g/mol. The van der Waals surface area contributed by atoms with Gasteiger partial charge in [-0.2, -0.15) is 0 Å². The Morgan fingerprint density at radius 3 is 2.88 bits per heavy atom. The number of rotatable bonds is 4. The predicted octanol–water partition coefficient (Wildman–Crippen LogP) is 2.91. The number of amides is 1. The van der Waals surface area contributed by atoms with Crippen molar-refractivity contribution in [2.75, 3.05) is 6.54 Å². The number of benzene rings is 1. The lowest BCUT2D eigenvalue weighted by atomic mass is 10.2. The van der Waals surface area contributed by atoms with Crippen molar-refractivity contribution < 1.29 is 9.21 Å². The van der Waals surface area contributed by atoms with Gasteiger partial charge in [0, 0.05) is 23.6 Å². The molecule has 0 atom stereocenters. The van der Waals surface area contributed by atoms with Gasteiger partial charge < -0.3 is 9.73 Å². The predicted molar refractivity (Wildman–Crippen MR) is 66.2 cm³/mol. The monoisotopic (exact) mass is 249 g/mol. The standard InChI is InChI=1S/C13H12ClNO2/c14-11-4-1-3-10(9-11)13(16)15-7-6-12-5-2-8-17-12/h1-5,8-9H,6-7H2,(H,15,16). The molecule has 0 saturated carbocycles. The van der Waals surface area contributed by atoms with E-state index in [9.17, 15) is 4.79 Å². The van der Waals surface area contributed by atoms with Crippen LogP contribution in [-0.4, -0.2) is 12.5 Å². The van der Waals surface area contributed by atoms with E-state index in [-0.39, 0.29) is 5.91 Å². The first-order chi connectivity index (χ1) is 8.25. The third-order valence-electron chi connectivity index (χ3n) is 2.32. The summed E-state index contributed by atoms with van der Waals surface area (Å²) in [6.07, 6.45) is 2.30. The fourth-order valence-corrected chi connectivity index (χ4v) is 1.68. The highest BCUT2D eigenvalue weighted by Gasteiger charge is 2.05. The number of halogens is 1. The second kappa shape index (κ2) is 5.55. The van der Waals surface area contributed by atoms with Crippen LogP contribution in [0.3, 0.4) is 0 Å². The van der Waals surface area contributed by atoms with Crippen LogP contribution >= 0.6 is 11.6 Å². The zero-order valence-corrected chi connectivity index (χ0v) is 9.91. The molecule has 0 unspecified atom stereocenters. The molecule has 0 aliphatic heterocycles. The van der Waals surface area contributed by atoms with E-state index >= 15 is 0 Å². The first-order valence-electron chi connectivity index (χ1n) is 5.32. The third-order valence-corrected chi connectivity index (χ3v) is 2.56. The molecule has 0 saturated heterocycles. The van der Waals surface area contributed by atoms with Crippen LogP contribution in [-0.2, 0) is 6.42 Å². The molecular formula is C13H12ClNO2. The molecule has 17 heavy (non-hydrogen) atoms. The SMILES string of the molecule is O=C(NCCc1ccco1)c1cccc(Cl)c1. The van der Waals surface area contributed by atoms with Gasteiger partial charge in [-0.1, -0.05) is 17.7 Å². The summed E-state index contributed by atoms with van der Waals surface area (Å²) < 4.78 is 5.17. The summed E-state index contributed by atoms with van der Waals surface area (Å²) in [6.45, 7) is 0.541. The molecule has 2 aromatic rings. The molecule has 2 rings (SSSR count). The number of hydrogen-bond acceptors (Lipinski definition) is 2. The van der Waals surface area contributed by atoms with Crippen molar-refractivity contribution in [1.82, 2.24) is 5.32 Å². The van der Waals surface area contributed by atoms with E-state index < -0.39 is 0 Å². The molecule has 4 heteroatoms. The summed E-state index contributed by atoms with van der Waals surface area (Å²) in [4.78, 5) is 11.7. The number of carbonyl (C=O) groups is 1. The summed E-state index contributed by atoms with van der Waals surface area (Å²) in [7, 11) is 0. The van der Waals surface area contributed by atoms with Crippen molar-refractivity contribution in [3.63, 3.8) is 0 Å². The maximum Gasteiger partial charge on any atom is 0.251 e. The smallest absolute Gasteiger partial charge is 0.251 e. The maximum absolute atomic E-state index is 11.7. The van der Waals surface area contributed by atoms with Crippen LogP contribution in [0, 0.1) is 0 Å². The van der Waals surface area contributed by atoms with E-state index in [4.69, 9.17) is 16.0 Å². The van der Waals surface area contributed by atoms with E-state index in [1.54, 1.807) is 30.5 Å². The number of furan rings is 1. The second-order valence-corrected chi connectivity index (χ2v) is 4.03. The van der Waals surface area contributed by atoms with Gasteiger partial charge in [-0.15, -0.1) is 0 Å². The van der Waals surface area contributed by atoms with Crippen molar-refractivity contribution >= 4 is 17.5 Å². The van der Waals surface area contributed by atoms with E-state index in [1.165, 1.54) is 0 Å². The molecule has 0 fully saturated rings. The first kappa shape index (κ1) is 11.7. The van der Waals surface area contributed by atoms with Gasteiger partial charge in [0.25, 0.3) is 5.91 Å². The van der Waals surface area contributed by atoms with Crippen molar-refractivity contribution in [3.8, 4) is 0 Å². The Morgan fingerprint density at radius 2 is 2.18 bits per heavy atom. The first-order valence-corrected chi connectivity index (χ1v) is 5.69. The van der Waals surface area contributed by atoms with Crippen LogP contribution in [0.1, 0.15) is 16.1 Å². The quantitative estimate of drug-likeness (QED) is 0.905. The number of carbonyl (C=O) groups excluding carboxylic acids is 1. The van der Waals surface area contributed by atoms with Crippen molar-refractivity contribution in [2.45, 2.75) is 6.42 Å². The van der Waals surface area contributed by atoms with E-state index in [0.29, 0.717) is 23.6 Å². The lowest BCUT2D eigenvalue weighted by Crippen LogP contribution is -2.25. The van der Waals surface area contributed by atoms with Gasteiger partial charge >= 0.3 is 0 Å². The Kier molecular flexibility index (Phi) is 3.83. The number of nitrogens with one attached hydrogen (secondary N) is 1. The lowest BCUT2D eigenvalue weighted by Gasteiger charge is -2.04. The lowest BCUT2D eigenvalue weighted by molar-refractivity contribution is 0.0953. The zero-order chi connectivity index (χ0) is 12.1. The van der Waals surface area contributed by atoms with Crippen molar-refractivity contribution in [3.05, 3.63) is 59.0 Å². The Hall–Kier alpha value is -1.74. The summed E-state index contributed by atoms with van der Waals surface area (Å²) >= 11 is 5.81. The van der Waals surface area contributed by atoms with Crippen LogP contribution in [0.5, 0.6) is 0 Å². The fourth-order valence-electron chi connectivity index (χ4n) is 1.49. The van der Waals surface area contributed by atoms with Crippen LogP contribution in [0.15, 0.2) is 47.1 Å². The normalized spacial score (nSPS) is 10.2. The number of hydrogen-bond donors (Lipinski definition) is 1. The van der Waals surface area contributed by atoms with Gasteiger partial charge in [-0.05, 0) is 30.3 Å². The van der Waals surface area contributed by atoms with E-state index in [0.717, 1.165) is 5.76 Å². The van der Waals surface area contributed by atoms with Crippen LogP contribution in [0.2, 0.25) is 5.02 Å². The van der Waals surface area contributed by atoms with Gasteiger partial charge in [0.15, 0.2) is 0 Å². The summed E-state index contributed by atoms with van der Waals surface area (Å²) in [6, 6.07) is 10.6. The minimum absolute atomic E-state index is 0.126. The molecule has 88 valence electrons. The van der Waals surface area contributed by atoms with Crippen LogP contribution in [0.25, 0.3) is 0 Å². The Labute approximate surface area is 104 Å². The topological polar surface area (TPSA) is 42.2 Å². The molecule has 0 aliphatic rings. The maximum atomic E-state index is 11.7. The zero-order valence-electron chi connectivity index (χ0n) is 9.15. The van der Waals surface area contributed by atoms with Gasteiger partial charge in [-0.3, -0.25) is 4.79 Å². The van der Waals surface area contributed by atoms with E-state index in [2.05, 4.69) is 5.32 Å². The van der Waals surface area contributed by atoms with Crippen molar-refractivity contribution in [1.29, 1.82) is 0 Å². The summed E-state index contributed by atoms with van der Waals surface area (Å²) in [5.41, 5.74) is 0.567. The highest BCUT2D eigenvalue weighted by Crippen LogP contribution is 2.10. The molecule has 0 radical (unpaired) electrons. The van der Waals surface area contributed by atoms with Crippen LogP contribution < -0.4 is 5.32 Å². The molecule has 1 aromatic carbocycles. The second-order valence-electron chi connectivity index (χ2n) is 3.60. The minimum atomic E-state index is -0.126. The summed E-state index contributed by atoms with van der Waals surface area (Å²) in [5, 5.41) is 3.37. The Morgan fingerprint density at radius 1 is 1.29 bits per heavy atom. The average Bonchev–Trinajstić information content (AvgIpc) is 2.82. The molecule has 1 N–H and O–H groups in total. The Bertz CT molecular complexity index is 494. The van der Waals surface area contributed by atoms with Crippen molar-refractivity contribution in [2.24, 2.45) is 0 Å². The third kappa shape index (κ3) is 3.36. The fraction of sp³-hybridized carbons (Fsp3) is 0.154. The molecule has 0 spiro atoms. The van der Waals surface area contributed by atoms with E-state index in [1.807, 2.05) is 12.1 Å². The highest BCUT2D eigenvalue weighted by molar-refractivity contribution is 6.30. The van der Waals surface area contributed by atoms with Gasteiger partial charge in [0.2, 0.25) is 0 Å². The molecule has 1 aromatic heterocycles. The van der Waals surface area contributed by atoms with Gasteiger partial charge in [0.1, 0.15) is 5.76 Å². The molecule has 1 heterocycles. The van der Waals surface area contributed by atoms with Crippen LogP contribution in [0.4, 0.5) is 0 Å².